The minimum absolute atomic E-state index is 0.549. The van der Waals surface area contributed by atoms with Gasteiger partial charge in [-0.25, -0.2) is 0 Å². The summed E-state index contributed by atoms with van der Waals surface area (Å²) in [6.07, 6.45) is 0.549. The fourth-order valence-corrected chi connectivity index (χ4v) is 2.69. The van der Waals surface area contributed by atoms with Crippen LogP contribution in [0.5, 0.6) is 0 Å². The third-order valence-electron chi connectivity index (χ3n) is 2.92. The molecule has 0 bridgehead atoms. The molecule has 0 radical (unpaired) electrons. The van der Waals surface area contributed by atoms with Gasteiger partial charge in [-0.3, -0.25) is 0 Å². The average molecular weight is 373 g/mol. The van der Waals surface area contributed by atoms with E-state index in [1.807, 2.05) is 42.5 Å². The first-order valence-corrected chi connectivity index (χ1v) is 7.16. The van der Waals surface area contributed by atoms with Gasteiger partial charge in [0.1, 0.15) is 0 Å². The van der Waals surface area contributed by atoms with Crippen molar-refractivity contribution in [3.8, 4) is 0 Å². The third-order valence-corrected chi connectivity index (χ3v) is 3.96. The van der Waals surface area contributed by atoms with Crippen LogP contribution in [0, 0.1) is 3.57 Å². The number of hydrogen-bond donors (Lipinski definition) is 1. The third kappa shape index (κ3) is 3.25. The summed E-state index contributed by atoms with van der Waals surface area (Å²) in [4.78, 5) is 0. The highest BCUT2D eigenvalue weighted by Gasteiger charge is 2.25. The number of hydrogen-bond acceptors (Lipinski definition) is 1. The van der Waals surface area contributed by atoms with Gasteiger partial charge >= 0.3 is 0 Å². The second-order valence-electron chi connectivity index (χ2n) is 4.56. The van der Waals surface area contributed by atoms with E-state index in [0.717, 1.165) is 11.1 Å². The van der Waals surface area contributed by atoms with Crippen LogP contribution in [-0.4, -0.2) is 5.11 Å². The predicted octanol–water partition coefficient (Wildman–Crippen LogP) is 4.39. The van der Waals surface area contributed by atoms with E-state index in [9.17, 15) is 5.11 Å². The maximum Gasteiger partial charge on any atom is 0.0923 e. The molecule has 2 aromatic rings. The Morgan fingerprint density at radius 2 is 1.72 bits per heavy atom. The molecule has 0 aliphatic heterocycles. The van der Waals surface area contributed by atoms with E-state index in [-0.39, 0.29) is 0 Å². The molecule has 0 aromatic heterocycles. The van der Waals surface area contributed by atoms with Crippen LogP contribution in [0.25, 0.3) is 0 Å². The minimum Gasteiger partial charge on any atom is -0.385 e. The van der Waals surface area contributed by atoms with Crippen molar-refractivity contribution in [3.05, 3.63) is 68.3 Å². The Morgan fingerprint density at radius 1 is 1.11 bits per heavy atom. The Bertz CT molecular complexity index is 534. The van der Waals surface area contributed by atoms with Gasteiger partial charge in [0.15, 0.2) is 0 Å². The van der Waals surface area contributed by atoms with Crippen molar-refractivity contribution < 1.29 is 5.11 Å². The zero-order valence-corrected chi connectivity index (χ0v) is 12.9. The van der Waals surface area contributed by atoms with E-state index in [4.69, 9.17) is 11.6 Å². The summed E-state index contributed by atoms with van der Waals surface area (Å²) in [7, 11) is 0. The normalized spacial score (nSPS) is 14.2. The van der Waals surface area contributed by atoms with Crippen molar-refractivity contribution in [2.75, 3.05) is 0 Å². The predicted molar refractivity (Wildman–Crippen MR) is 83.9 cm³/mol. The molecule has 0 aliphatic carbocycles. The molecule has 94 valence electrons. The molecule has 0 heterocycles. The van der Waals surface area contributed by atoms with Gasteiger partial charge in [0, 0.05) is 20.6 Å². The highest BCUT2D eigenvalue weighted by molar-refractivity contribution is 14.1. The van der Waals surface area contributed by atoms with E-state index >= 15 is 0 Å². The standard InChI is InChI=1S/C15H14ClIO/c1-15(18,13-4-2-3-5-14(13)16)10-11-6-8-12(17)9-7-11/h2-9,18H,10H2,1H3. The van der Waals surface area contributed by atoms with Crippen molar-refractivity contribution in [2.45, 2.75) is 18.9 Å². The van der Waals surface area contributed by atoms with Crippen molar-refractivity contribution in [1.29, 1.82) is 0 Å². The van der Waals surface area contributed by atoms with Crippen molar-refractivity contribution in [3.63, 3.8) is 0 Å². The molecule has 1 N–H and O–H groups in total. The molecule has 1 nitrogen and oxygen atoms in total. The van der Waals surface area contributed by atoms with Crippen LogP contribution in [0.15, 0.2) is 48.5 Å². The smallest absolute Gasteiger partial charge is 0.0923 e. The van der Waals surface area contributed by atoms with Gasteiger partial charge in [0.2, 0.25) is 0 Å². The molecule has 3 heteroatoms. The second-order valence-corrected chi connectivity index (χ2v) is 6.21. The van der Waals surface area contributed by atoms with Crippen molar-refractivity contribution >= 4 is 34.2 Å². The fourth-order valence-electron chi connectivity index (χ4n) is 1.99. The summed E-state index contributed by atoms with van der Waals surface area (Å²) >= 11 is 8.41. The van der Waals surface area contributed by atoms with Crippen molar-refractivity contribution in [1.82, 2.24) is 0 Å². The summed E-state index contributed by atoms with van der Waals surface area (Å²) in [5.74, 6) is 0. The van der Waals surface area contributed by atoms with E-state index in [1.165, 1.54) is 3.57 Å². The van der Waals surface area contributed by atoms with Gasteiger partial charge in [-0.1, -0.05) is 41.9 Å². The Balaban J connectivity index is 2.27. The second kappa shape index (κ2) is 5.59. The molecule has 1 unspecified atom stereocenters. The van der Waals surface area contributed by atoms with Crippen LogP contribution in [-0.2, 0) is 12.0 Å². The molecule has 18 heavy (non-hydrogen) atoms. The maximum atomic E-state index is 10.6. The molecule has 0 spiro atoms. The van der Waals surface area contributed by atoms with Crippen LogP contribution in [0.4, 0.5) is 0 Å². The zero-order valence-electron chi connectivity index (χ0n) is 10.0. The highest BCUT2D eigenvalue weighted by atomic mass is 127. The first-order valence-electron chi connectivity index (χ1n) is 5.71. The quantitative estimate of drug-likeness (QED) is 0.792. The first-order chi connectivity index (χ1) is 8.49. The average Bonchev–Trinajstić information content (AvgIpc) is 2.32. The van der Waals surface area contributed by atoms with Gasteiger partial charge in [-0.05, 0) is 53.3 Å². The fraction of sp³-hybridized carbons (Fsp3) is 0.200. The molecule has 0 amide bonds. The minimum atomic E-state index is -0.953. The first kappa shape index (κ1) is 13.8. The van der Waals surface area contributed by atoms with E-state index in [2.05, 4.69) is 22.6 Å². The molecule has 0 saturated heterocycles. The summed E-state index contributed by atoms with van der Waals surface area (Å²) < 4.78 is 1.19. The van der Waals surface area contributed by atoms with E-state index < -0.39 is 5.60 Å². The lowest BCUT2D eigenvalue weighted by atomic mass is 9.89. The molecule has 1 atom stereocenters. The van der Waals surface area contributed by atoms with Crippen LogP contribution >= 0.6 is 34.2 Å². The van der Waals surface area contributed by atoms with Crippen LogP contribution < -0.4 is 0 Å². The van der Waals surface area contributed by atoms with Crippen molar-refractivity contribution in [2.24, 2.45) is 0 Å². The van der Waals surface area contributed by atoms with Gasteiger partial charge < -0.3 is 5.11 Å². The summed E-state index contributed by atoms with van der Waals surface area (Å²) in [5, 5.41) is 11.2. The lowest BCUT2D eigenvalue weighted by Crippen LogP contribution is -2.24. The molecule has 2 aromatic carbocycles. The monoisotopic (exact) mass is 372 g/mol. The van der Waals surface area contributed by atoms with Crippen LogP contribution in [0.2, 0.25) is 5.02 Å². The van der Waals surface area contributed by atoms with E-state index in [1.54, 1.807) is 13.0 Å². The highest BCUT2D eigenvalue weighted by Crippen LogP contribution is 2.30. The van der Waals surface area contributed by atoms with E-state index in [0.29, 0.717) is 11.4 Å². The van der Waals surface area contributed by atoms with Gasteiger partial charge in [-0.15, -0.1) is 0 Å². The Labute approximate surface area is 126 Å². The molecular formula is C15H14ClIO. The molecule has 0 saturated carbocycles. The summed E-state index contributed by atoms with van der Waals surface area (Å²) in [6, 6.07) is 15.6. The molecule has 2 rings (SSSR count). The van der Waals surface area contributed by atoms with Gasteiger partial charge in [-0.2, -0.15) is 0 Å². The number of aliphatic hydroxyl groups is 1. The Kier molecular flexibility index (Phi) is 4.30. The summed E-state index contributed by atoms with van der Waals surface area (Å²) in [6.45, 7) is 1.80. The Hall–Kier alpha value is -0.580. The topological polar surface area (TPSA) is 20.2 Å². The zero-order chi connectivity index (χ0) is 13.2. The van der Waals surface area contributed by atoms with Gasteiger partial charge in [0.25, 0.3) is 0 Å². The number of halogens is 2. The van der Waals surface area contributed by atoms with Gasteiger partial charge in [0.05, 0.1) is 5.60 Å². The Morgan fingerprint density at radius 3 is 2.33 bits per heavy atom. The number of benzene rings is 2. The molecule has 0 aliphatic rings. The maximum absolute atomic E-state index is 10.6. The molecular weight excluding hydrogens is 359 g/mol. The lowest BCUT2D eigenvalue weighted by Gasteiger charge is -2.25. The SMILES string of the molecule is CC(O)(Cc1ccc(I)cc1)c1ccccc1Cl. The summed E-state index contributed by atoms with van der Waals surface area (Å²) in [5.41, 5.74) is 0.913. The largest absolute Gasteiger partial charge is 0.385 e. The number of rotatable bonds is 3. The van der Waals surface area contributed by atoms with Crippen LogP contribution in [0.3, 0.4) is 0 Å². The van der Waals surface area contributed by atoms with Crippen LogP contribution in [0.1, 0.15) is 18.1 Å². The molecule has 0 fully saturated rings. The lowest BCUT2D eigenvalue weighted by molar-refractivity contribution is 0.0577.